The Balaban J connectivity index is 1.63. The van der Waals surface area contributed by atoms with Crippen molar-refractivity contribution >= 4 is 5.91 Å². The Hall–Kier alpha value is -2.35. The van der Waals surface area contributed by atoms with Gasteiger partial charge < -0.3 is 10.0 Å². The summed E-state index contributed by atoms with van der Waals surface area (Å²) in [5.41, 5.74) is -1.28. The molecule has 0 saturated carbocycles. The van der Waals surface area contributed by atoms with E-state index in [9.17, 15) is 23.1 Å². The van der Waals surface area contributed by atoms with Crippen LogP contribution in [0.4, 0.5) is 13.2 Å². The molecule has 128 valence electrons. The summed E-state index contributed by atoms with van der Waals surface area (Å²) in [5, 5.41) is 13.7. The van der Waals surface area contributed by atoms with Gasteiger partial charge in [-0.15, -0.1) is 0 Å². The third kappa shape index (κ3) is 3.14. The average Bonchev–Trinajstić information content (AvgIpc) is 3.17. The van der Waals surface area contributed by atoms with Crippen LogP contribution in [0.2, 0.25) is 0 Å². The van der Waals surface area contributed by atoms with E-state index in [1.807, 2.05) is 0 Å². The number of hydrogen-bond donors (Lipinski definition) is 1. The van der Waals surface area contributed by atoms with Crippen LogP contribution in [0.15, 0.2) is 42.7 Å². The number of carbonyl (C=O) groups excluding carboxylic acids is 1. The second-order valence-corrected chi connectivity index (χ2v) is 5.89. The van der Waals surface area contributed by atoms with Crippen LogP contribution in [0.25, 0.3) is 5.69 Å². The van der Waals surface area contributed by atoms with Gasteiger partial charge in [0, 0.05) is 25.4 Å². The Bertz CT molecular complexity index is 713. The number of benzene rings is 1. The van der Waals surface area contributed by atoms with Gasteiger partial charge in [-0.05, 0) is 23.8 Å². The molecule has 1 aromatic carbocycles. The maximum Gasteiger partial charge on any atom is 0.419 e. The zero-order valence-electron chi connectivity index (χ0n) is 12.7. The fourth-order valence-corrected chi connectivity index (χ4v) is 2.71. The van der Waals surface area contributed by atoms with Crippen molar-refractivity contribution in [1.29, 1.82) is 0 Å². The largest absolute Gasteiger partial charge is 0.419 e. The molecule has 0 bridgehead atoms. The van der Waals surface area contributed by atoms with Gasteiger partial charge in [-0.3, -0.25) is 4.79 Å². The molecule has 0 radical (unpaired) electrons. The molecule has 2 aromatic rings. The standard InChI is InChI=1S/C16H16F3N3O2/c17-16(18,19)15(24)6-9-21(11-15)14(23)10-12-2-4-13(5-3-12)22-8-1-7-20-22/h1-5,7-8,24H,6,9-11H2/t15-/m1/s1. The summed E-state index contributed by atoms with van der Waals surface area (Å²) >= 11 is 0. The van der Waals surface area contributed by atoms with Gasteiger partial charge in [0.2, 0.25) is 5.91 Å². The summed E-state index contributed by atoms with van der Waals surface area (Å²) in [7, 11) is 0. The predicted molar refractivity (Wildman–Crippen MR) is 79.5 cm³/mol. The van der Waals surface area contributed by atoms with Gasteiger partial charge in [0.15, 0.2) is 5.60 Å². The lowest BCUT2D eigenvalue weighted by atomic mass is 10.0. The molecule has 3 rings (SSSR count). The van der Waals surface area contributed by atoms with Gasteiger partial charge in [0.25, 0.3) is 0 Å². The van der Waals surface area contributed by atoms with Crippen molar-refractivity contribution in [2.24, 2.45) is 0 Å². The maximum absolute atomic E-state index is 12.8. The van der Waals surface area contributed by atoms with Gasteiger partial charge in [-0.2, -0.15) is 18.3 Å². The van der Waals surface area contributed by atoms with E-state index in [4.69, 9.17) is 0 Å². The molecule has 0 aliphatic carbocycles. The Morgan fingerprint density at radius 2 is 2.00 bits per heavy atom. The highest BCUT2D eigenvalue weighted by atomic mass is 19.4. The molecule has 2 heterocycles. The molecular weight excluding hydrogens is 323 g/mol. The molecule has 0 unspecified atom stereocenters. The minimum Gasteiger partial charge on any atom is -0.379 e. The van der Waals surface area contributed by atoms with E-state index in [1.165, 1.54) is 0 Å². The van der Waals surface area contributed by atoms with Crippen molar-refractivity contribution in [2.75, 3.05) is 13.1 Å². The zero-order valence-corrected chi connectivity index (χ0v) is 12.7. The van der Waals surface area contributed by atoms with Gasteiger partial charge >= 0.3 is 6.18 Å². The van der Waals surface area contributed by atoms with Crippen LogP contribution in [0.1, 0.15) is 12.0 Å². The van der Waals surface area contributed by atoms with E-state index in [0.29, 0.717) is 5.56 Å². The molecule has 24 heavy (non-hydrogen) atoms. The molecule has 1 fully saturated rings. The van der Waals surface area contributed by atoms with Crippen LogP contribution in [0, 0.1) is 0 Å². The van der Waals surface area contributed by atoms with Crippen LogP contribution in [-0.2, 0) is 11.2 Å². The highest BCUT2D eigenvalue weighted by molar-refractivity contribution is 5.79. The molecule has 0 spiro atoms. The quantitative estimate of drug-likeness (QED) is 0.930. The first-order chi connectivity index (χ1) is 11.3. The van der Waals surface area contributed by atoms with E-state index in [2.05, 4.69) is 5.10 Å². The predicted octanol–water partition coefficient (Wildman–Crippen LogP) is 1.94. The lowest BCUT2D eigenvalue weighted by molar-refractivity contribution is -0.253. The topological polar surface area (TPSA) is 58.4 Å². The lowest BCUT2D eigenvalue weighted by Crippen LogP contribution is -2.48. The summed E-state index contributed by atoms with van der Waals surface area (Å²) < 4.78 is 40.0. The summed E-state index contributed by atoms with van der Waals surface area (Å²) in [6.45, 7) is -0.805. The number of hydrogen-bond acceptors (Lipinski definition) is 3. The molecule has 1 amide bonds. The number of β-amino-alcohol motifs (C(OH)–C–C–N with tert-alkyl or cyclic N) is 1. The van der Waals surface area contributed by atoms with E-state index < -0.39 is 30.7 Å². The summed E-state index contributed by atoms with van der Waals surface area (Å²) in [6, 6.07) is 8.83. The number of aliphatic hydroxyl groups is 1. The SMILES string of the molecule is O=C(Cc1ccc(-n2cccn2)cc1)N1CC[C@](O)(C(F)(F)F)C1. The average molecular weight is 339 g/mol. The minimum absolute atomic E-state index is 0.00662. The van der Waals surface area contributed by atoms with Gasteiger partial charge in [-0.1, -0.05) is 12.1 Å². The zero-order chi connectivity index (χ0) is 17.4. The van der Waals surface area contributed by atoms with E-state index >= 15 is 0 Å². The minimum atomic E-state index is -4.73. The highest BCUT2D eigenvalue weighted by Gasteiger charge is 2.57. The van der Waals surface area contributed by atoms with Crippen LogP contribution in [0.3, 0.4) is 0 Å². The van der Waals surface area contributed by atoms with Gasteiger partial charge in [0.1, 0.15) is 0 Å². The first-order valence-electron chi connectivity index (χ1n) is 7.44. The monoisotopic (exact) mass is 339 g/mol. The number of nitrogens with zero attached hydrogens (tertiary/aromatic N) is 3. The number of halogens is 3. The van der Waals surface area contributed by atoms with E-state index in [0.717, 1.165) is 10.6 Å². The number of carbonyl (C=O) groups is 1. The van der Waals surface area contributed by atoms with E-state index in [-0.39, 0.29) is 13.0 Å². The highest BCUT2D eigenvalue weighted by Crippen LogP contribution is 2.37. The Kier molecular flexibility index (Phi) is 4.08. The molecular formula is C16H16F3N3O2. The summed E-state index contributed by atoms with van der Waals surface area (Å²) in [5.74, 6) is -0.429. The Morgan fingerprint density at radius 3 is 2.54 bits per heavy atom. The molecule has 1 aromatic heterocycles. The fraction of sp³-hybridized carbons (Fsp3) is 0.375. The number of alkyl halides is 3. The number of aromatic nitrogens is 2. The van der Waals surface area contributed by atoms with Crippen molar-refractivity contribution in [3.63, 3.8) is 0 Å². The van der Waals surface area contributed by atoms with Crippen LogP contribution in [0.5, 0.6) is 0 Å². The Labute approximate surface area is 136 Å². The van der Waals surface area contributed by atoms with Gasteiger partial charge in [-0.25, -0.2) is 4.68 Å². The van der Waals surface area contributed by atoms with Crippen molar-refractivity contribution in [2.45, 2.75) is 24.6 Å². The van der Waals surface area contributed by atoms with Crippen molar-refractivity contribution in [3.8, 4) is 5.69 Å². The molecule has 1 atom stereocenters. The third-order valence-corrected chi connectivity index (χ3v) is 4.19. The van der Waals surface area contributed by atoms with Crippen molar-refractivity contribution in [3.05, 3.63) is 48.3 Å². The smallest absolute Gasteiger partial charge is 0.379 e. The van der Waals surface area contributed by atoms with Crippen molar-refractivity contribution < 1.29 is 23.1 Å². The molecule has 1 aliphatic heterocycles. The molecule has 1 N–H and O–H groups in total. The summed E-state index contributed by atoms with van der Waals surface area (Å²) in [6.07, 6.45) is -1.80. The summed E-state index contributed by atoms with van der Waals surface area (Å²) in [4.78, 5) is 13.2. The lowest BCUT2D eigenvalue weighted by Gasteiger charge is -2.25. The molecule has 5 nitrogen and oxygen atoms in total. The number of rotatable bonds is 3. The first-order valence-corrected chi connectivity index (χ1v) is 7.44. The van der Waals surface area contributed by atoms with Gasteiger partial charge in [0.05, 0.1) is 18.7 Å². The second-order valence-electron chi connectivity index (χ2n) is 5.89. The molecule has 1 aliphatic rings. The number of amides is 1. The first kappa shape index (κ1) is 16.5. The fourth-order valence-electron chi connectivity index (χ4n) is 2.71. The maximum atomic E-state index is 12.8. The second kappa shape index (κ2) is 5.94. The molecule has 8 heteroatoms. The number of likely N-dealkylation sites (tertiary alicyclic amines) is 1. The van der Waals surface area contributed by atoms with Crippen LogP contribution < -0.4 is 0 Å². The normalized spacial score (nSPS) is 21.2. The van der Waals surface area contributed by atoms with Crippen molar-refractivity contribution in [1.82, 2.24) is 14.7 Å². The Morgan fingerprint density at radius 1 is 1.29 bits per heavy atom. The third-order valence-electron chi connectivity index (χ3n) is 4.19. The van der Waals surface area contributed by atoms with Crippen LogP contribution >= 0.6 is 0 Å². The van der Waals surface area contributed by atoms with E-state index in [1.54, 1.807) is 47.4 Å². The molecule has 1 saturated heterocycles. The van der Waals surface area contributed by atoms with Crippen LogP contribution in [-0.4, -0.2) is 50.6 Å².